The summed E-state index contributed by atoms with van der Waals surface area (Å²) in [4.78, 5) is 11.4. The number of rotatable bonds is 0. The van der Waals surface area contributed by atoms with Crippen LogP contribution in [0.25, 0.3) is 0 Å². The molecule has 0 fully saturated rings. The standard InChI is InChI=1S/C9H9BrN2O/c1-9(11)5-3-2-4-6(10)7(5)12-8(9)13/h2-4H,11H2,1H3,(H,12,13)/t9-/m1/s1. The molecule has 1 heterocycles. The van der Waals surface area contributed by atoms with Gasteiger partial charge in [0.25, 0.3) is 0 Å². The minimum absolute atomic E-state index is 0.158. The highest BCUT2D eigenvalue weighted by Crippen LogP contribution is 2.38. The Morgan fingerprint density at radius 3 is 2.85 bits per heavy atom. The van der Waals surface area contributed by atoms with Crippen molar-refractivity contribution < 1.29 is 4.79 Å². The molecule has 1 atom stereocenters. The van der Waals surface area contributed by atoms with E-state index in [4.69, 9.17) is 5.73 Å². The molecule has 0 aromatic heterocycles. The maximum Gasteiger partial charge on any atom is 0.248 e. The molecule has 13 heavy (non-hydrogen) atoms. The highest BCUT2D eigenvalue weighted by atomic mass is 79.9. The van der Waals surface area contributed by atoms with Crippen LogP contribution in [-0.2, 0) is 10.3 Å². The topological polar surface area (TPSA) is 55.1 Å². The number of amides is 1. The largest absolute Gasteiger partial charge is 0.323 e. The molecule has 0 aliphatic carbocycles. The Bertz CT molecular complexity index is 387. The van der Waals surface area contributed by atoms with Gasteiger partial charge in [0.2, 0.25) is 5.91 Å². The molecule has 0 unspecified atom stereocenters. The van der Waals surface area contributed by atoms with Gasteiger partial charge in [-0.05, 0) is 28.9 Å². The van der Waals surface area contributed by atoms with Crippen molar-refractivity contribution in [3.05, 3.63) is 28.2 Å². The summed E-state index contributed by atoms with van der Waals surface area (Å²) in [6.45, 7) is 1.71. The van der Waals surface area contributed by atoms with Crippen molar-refractivity contribution in [2.75, 3.05) is 5.32 Å². The number of para-hydroxylation sites is 1. The van der Waals surface area contributed by atoms with Gasteiger partial charge in [-0.1, -0.05) is 12.1 Å². The Kier molecular flexibility index (Phi) is 1.72. The molecule has 1 aromatic carbocycles. The molecule has 4 heteroatoms. The third kappa shape index (κ3) is 1.09. The van der Waals surface area contributed by atoms with Gasteiger partial charge in [-0.25, -0.2) is 0 Å². The molecule has 0 saturated carbocycles. The third-order valence-corrected chi connectivity index (χ3v) is 2.94. The first kappa shape index (κ1) is 8.72. The van der Waals surface area contributed by atoms with E-state index < -0.39 is 5.54 Å². The molecule has 0 bridgehead atoms. The van der Waals surface area contributed by atoms with E-state index in [9.17, 15) is 4.79 Å². The second-order valence-corrected chi connectivity index (χ2v) is 4.17. The number of carbonyl (C=O) groups is 1. The first-order chi connectivity index (χ1) is 6.03. The van der Waals surface area contributed by atoms with Crippen molar-refractivity contribution in [3.63, 3.8) is 0 Å². The van der Waals surface area contributed by atoms with Gasteiger partial charge in [0.15, 0.2) is 0 Å². The van der Waals surface area contributed by atoms with E-state index in [2.05, 4.69) is 21.2 Å². The highest BCUT2D eigenvalue weighted by Gasteiger charge is 2.39. The number of benzene rings is 1. The number of hydrogen-bond donors (Lipinski definition) is 2. The molecule has 1 aliphatic heterocycles. The maximum absolute atomic E-state index is 11.4. The van der Waals surface area contributed by atoms with Crippen LogP contribution in [0.4, 0.5) is 5.69 Å². The van der Waals surface area contributed by atoms with E-state index in [1.807, 2.05) is 18.2 Å². The number of halogens is 1. The van der Waals surface area contributed by atoms with Gasteiger partial charge in [0.1, 0.15) is 5.54 Å². The zero-order valence-electron chi connectivity index (χ0n) is 7.10. The van der Waals surface area contributed by atoms with Crippen LogP contribution >= 0.6 is 15.9 Å². The minimum Gasteiger partial charge on any atom is -0.323 e. The van der Waals surface area contributed by atoms with Gasteiger partial charge in [-0.2, -0.15) is 0 Å². The second-order valence-electron chi connectivity index (χ2n) is 3.32. The van der Waals surface area contributed by atoms with Crippen LogP contribution in [0, 0.1) is 0 Å². The lowest BCUT2D eigenvalue weighted by Gasteiger charge is -2.14. The van der Waals surface area contributed by atoms with Crippen molar-refractivity contribution in [3.8, 4) is 0 Å². The van der Waals surface area contributed by atoms with Crippen LogP contribution in [0.5, 0.6) is 0 Å². The van der Waals surface area contributed by atoms with Crippen LogP contribution in [-0.4, -0.2) is 5.91 Å². The van der Waals surface area contributed by atoms with E-state index in [0.29, 0.717) is 0 Å². The Morgan fingerprint density at radius 2 is 2.23 bits per heavy atom. The van der Waals surface area contributed by atoms with Crippen molar-refractivity contribution in [2.24, 2.45) is 5.73 Å². The van der Waals surface area contributed by atoms with Crippen molar-refractivity contribution >= 4 is 27.5 Å². The van der Waals surface area contributed by atoms with Gasteiger partial charge in [0.05, 0.1) is 5.69 Å². The fourth-order valence-electron chi connectivity index (χ4n) is 1.45. The fourth-order valence-corrected chi connectivity index (χ4v) is 1.91. The summed E-state index contributed by atoms with van der Waals surface area (Å²) in [7, 11) is 0. The maximum atomic E-state index is 11.4. The van der Waals surface area contributed by atoms with Crippen molar-refractivity contribution in [1.29, 1.82) is 0 Å². The first-order valence-electron chi connectivity index (χ1n) is 3.93. The number of nitrogens with two attached hydrogens (primary N) is 1. The predicted molar refractivity (Wildman–Crippen MR) is 54.3 cm³/mol. The third-order valence-electron chi connectivity index (χ3n) is 2.28. The average Bonchev–Trinajstić information content (AvgIpc) is 2.28. The number of hydrogen-bond acceptors (Lipinski definition) is 2. The summed E-state index contributed by atoms with van der Waals surface area (Å²) >= 11 is 3.36. The second kappa shape index (κ2) is 2.56. The van der Waals surface area contributed by atoms with E-state index in [-0.39, 0.29) is 5.91 Å². The lowest BCUT2D eigenvalue weighted by atomic mass is 9.95. The lowest BCUT2D eigenvalue weighted by molar-refractivity contribution is -0.120. The van der Waals surface area contributed by atoms with Crippen LogP contribution in [0.2, 0.25) is 0 Å². The summed E-state index contributed by atoms with van der Waals surface area (Å²) in [5, 5.41) is 2.75. The summed E-state index contributed by atoms with van der Waals surface area (Å²) < 4.78 is 0.868. The number of carbonyl (C=O) groups excluding carboxylic acids is 1. The SMILES string of the molecule is C[C@]1(N)C(=O)Nc2c(Br)cccc21. The van der Waals surface area contributed by atoms with Crippen LogP contribution in [0.3, 0.4) is 0 Å². The van der Waals surface area contributed by atoms with Gasteiger partial charge < -0.3 is 11.1 Å². The quantitative estimate of drug-likeness (QED) is 0.724. The smallest absolute Gasteiger partial charge is 0.248 e. The predicted octanol–water partition coefficient (Wildman–Crippen LogP) is 1.58. The molecule has 1 aromatic rings. The van der Waals surface area contributed by atoms with Gasteiger partial charge in [-0.3, -0.25) is 4.79 Å². The zero-order valence-corrected chi connectivity index (χ0v) is 8.68. The van der Waals surface area contributed by atoms with Crippen LogP contribution < -0.4 is 11.1 Å². The monoisotopic (exact) mass is 240 g/mol. The Balaban J connectivity index is 2.68. The molecule has 1 amide bonds. The molecular formula is C9H9BrN2O. The van der Waals surface area contributed by atoms with Crippen LogP contribution in [0.1, 0.15) is 12.5 Å². The van der Waals surface area contributed by atoms with E-state index >= 15 is 0 Å². The number of nitrogens with one attached hydrogen (secondary N) is 1. The number of fused-ring (bicyclic) bond motifs is 1. The Morgan fingerprint density at radius 1 is 1.54 bits per heavy atom. The van der Waals surface area contributed by atoms with Crippen molar-refractivity contribution in [1.82, 2.24) is 0 Å². The number of anilines is 1. The molecule has 1 aliphatic rings. The molecule has 3 nitrogen and oxygen atoms in total. The normalized spacial score (nSPS) is 25.6. The van der Waals surface area contributed by atoms with E-state index in [1.165, 1.54) is 0 Å². The fraction of sp³-hybridized carbons (Fsp3) is 0.222. The summed E-state index contributed by atoms with van der Waals surface area (Å²) in [6.07, 6.45) is 0. The van der Waals surface area contributed by atoms with E-state index in [0.717, 1.165) is 15.7 Å². The Labute approximate surface area is 84.4 Å². The average molecular weight is 241 g/mol. The van der Waals surface area contributed by atoms with E-state index in [1.54, 1.807) is 6.92 Å². The molecule has 0 spiro atoms. The van der Waals surface area contributed by atoms with Crippen molar-refractivity contribution in [2.45, 2.75) is 12.5 Å². The molecule has 3 N–H and O–H groups in total. The van der Waals surface area contributed by atoms with Gasteiger partial charge in [-0.15, -0.1) is 0 Å². The lowest BCUT2D eigenvalue weighted by Crippen LogP contribution is -2.40. The summed E-state index contributed by atoms with van der Waals surface area (Å²) in [5.74, 6) is -0.158. The molecule has 0 radical (unpaired) electrons. The summed E-state index contributed by atoms with van der Waals surface area (Å²) in [6, 6.07) is 5.60. The van der Waals surface area contributed by atoms with Gasteiger partial charge >= 0.3 is 0 Å². The molecule has 2 rings (SSSR count). The Hall–Kier alpha value is -0.870. The first-order valence-corrected chi connectivity index (χ1v) is 4.72. The molecule has 68 valence electrons. The highest BCUT2D eigenvalue weighted by molar-refractivity contribution is 9.10. The zero-order chi connectivity index (χ0) is 9.64. The summed E-state index contributed by atoms with van der Waals surface area (Å²) in [5.41, 5.74) is 6.59. The van der Waals surface area contributed by atoms with Gasteiger partial charge in [0, 0.05) is 10.0 Å². The molecule has 0 saturated heterocycles. The minimum atomic E-state index is -0.904. The molecular weight excluding hydrogens is 232 g/mol. The van der Waals surface area contributed by atoms with Crippen LogP contribution in [0.15, 0.2) is 22.7 Å².